The summed E-state index contributed by atoms with van der Waals surface area (Å²) in [5.41, 5.74) is 1.10. The van der Waals surface area contributed by atoms with Crippen LogP contribution >= 0.6 is 11.6 Å². The summed E-state index contributed by atoms with van der Waals surface area (Å²) < 4.78 is 11.0. The van der Waals surface area contributed by atoms with Crippen molar-refractivity contribution >= 4 is 11.6 Å². The molecular weight excluding hydrogens is 236 g/mol. The zero-order valence-corrected chi connectivity index (χ0v) is 11.6. The van der Waals surface area contributed by atoms with Gasteiger partial charge in [-0.1, -0.05) is 38.4 Å². The number of rotatable bonds is 2. The van der Waals surface area contributed by atoms with Crippen molar-refractivity contribution in [2.75, 3.05) is 13.2 Å². The number of halogens is 1. The second-order valence-electron chi connectivity index (χ2n) is 5.94. The van der Waals surface area contributed by atoms with Gasteiger partial charge in [-0.25, -0.2) is 0 Å². The molecule has 0 radical (unpaired) electrons. The first-order valence-corrected chi connectivity index (χ1v) is 6.25. The molecule has 1 fully saturated rings. The molecule has 0 bridgehead atoms. The van der Waals surface area contributed by atoms with Crippen LogP contribution in [0.2, 0.25) is 5.02 Å². The van der Waals surface area contributed by atoms with Gasteiger partial charge >= 0.3 is 0 Å². The van der Waals surface area contributed by atoms with Crippen molar-refractivity contribution in [3.05, 3.63) is 28.8 Å². The number of ether oxygens (including phenoxy) is 2. The van der Waals surface area contributed by atoms with Gasteiger partial charge in [0.15, 0.2) is 5.60 Å². The number of hydrogen-bond donors (Lipinski definition) is 0. The van der Waals surface area contributed by atoms with Gasteiger partial charge in [-0.05, 0) is 30.0 Å². The van der Waals surface area contributed by atoms with Gasteiger partial charge < -0.3 is 9.47 Å². The van der Waals surface area contributed by atoms with Crippen LogP contribution in [0.3, 0.4) is 0 Å². The summed E-state index contributed by atoms with van der Waals surface area (Å²) in [6, 6.07) is 6.01. The van der Waals surface area contributed by atoms with E-state index in [0.717, 1.165) is 5.75 Å². The van der Waals surface area contributed by atoms with E-state index >= 15 is 0 Å². The predicted molar refractivity (Wildman–Crippen MR) is 70.0 cm³/mol. The lowest BCUT2D eigenvalue weighted by atomic mass is 9.87. The maximum Gasteiger partial charge on any atom is 0.153 e. The quantitative estimate of drug-likeness (QED) is 0.799. The molecule has 0 N–H and O–H groups in total. The van der Waals surface area contributed by atoms with Gasteiger partial charge in [0.25, 0.3) is 0 Å². The molecule has 1 saturated heterocycles. The normalized spacial score (nSPS) is 18.6. The molecule has 17 heavy (non-hydrogen) atoms. The Labute approximate surface area is 108 Å². The lowest BCUT2D eigenvalue weighted by Crippen LogP contribution is -2.51. The minimum atomic E-state index is -0.215. The largest absolute Gasteiger partial charge is 0.481 e. The Morgan fingerprint density at radius 3 is 2.35 bits per heavy atom. The highest BCUT2D eigenvalue weighted by atomic mass is 35.5. The van der Waals surface area contributed by atoms with Crippen LogP contribution in [0, 0.1) is 0 Å². The number of benzene rings is 1. The molecule has 0 atom stereocenters. The fraction of sp³-hybridized carbons (Fsp3) is 0.571. The minimum Gasteiger partial charge on any atom is -0.481 e. The van der Waals surface area contributed by atoms with Crippen molar-refractivity contribution < 1.29 is 9.47 Å². The SMILES string of the molecule is CC1(Oc2ccc(C(C)(C)C)cc2Cl)COC1. The third-order valence-electron chi connectivity index (χ3n) is 2.97. The van der Waals surface area contributed by atoms with Crippen LogP contribution in [0.5, 0.6) is 5.75 Å². The molecule has 1 aromatic rings. The van der Waals surface area contributed by atoms with Crippen molar-refractivity contribution in [1.29, 1.82) is 0 Å². The highest BCUT2D eigenvalue weighted by molar-refractivity contribution is 6.32. The standard InChI is InChI=1S/C14H19ClO2/c1-13(2,3)10-5-6-12(11(15)7-10)17-14(4)8-16-9-14/h5-7H,8-9H2,1-4H3. The van der Waals surface area contributed by atoms with Crippen molar-refractivity contribution in [3.63, 3.8) is 0 Å². The maximum absolute atomic E-state index is 6.26. The second kappa shape index (κ2) is 4.18. The molecular formula is C14H19ClO2. The summed E-state index contributed by atoms with van der Waals surface area (Å²) >= 11 is 6.26. The van der Waals surface area contributed by atoms with E-state index in [1.165, 1.54) is 5.56 Å². The highest BCUT2D eigenvalue weighted by Crippen LogP contribution is 2.34. The molecule has 0 saturated carbocycles. The van der Waals surface area contributed by atoms with Gasteiger partial charge in [0.05, 0.1) is 18.2 Å². The maximum atomic E-state index is 6.26. The minimum absolute atomic E-state index is 0.103. The molecule has 2 rings (SSSR count). The molecule has 1 aliphatic heterocycles. The summed E-state index contributed by atoms with van der Waals surface area (Å²) in [6.45, 7) is 9.79. The average molecular weight is 255 g/mol. The molecule has 0 aliphatic carbocycles. The van der Waals surface area contributed by atoms with E-state index in [9.17, 15) is 0 Å². The van der Waals surface area contributed by atoms with Crippen LogP contribution in [0.1, 0.15) is 33.3 Å². The highest BCUT2D eigenvalue weighted by Gasteiger charge is 2.36. The molecule has 0 amide bonds. The Hall–Kier alpha value is -0.730. The van der Waals surface area contributed by atoms with Crippen LogP contribution in [0.25, 0.3) is 0 Å². The Kier molecular flexibility index (Phi) is 3.13. The lowest BCUT2D eigenvalue weighted by Gasteiger charge is -2.38. The first kappa shape index (κ1) is 12.7. The summed E-state index contributed by atoms with van der Waals surface area (Å²) in [6.07, 6.45) is 0. The van der Waals surface area contributed by atoms with Crippen LogP contribution < -0.4 is 4.74 Å². The predicted octanol–water partition coefficient (Wildman–Crippen LogP) is 3.81. The van der Waals surface area contributed by atoms with Gasteiger partial charge in [0.1, 0.15) is 5.75 Å². The van der Waals surface area contributed by atoms with E-state index in [-0.39, 0.29) is 11.0 Å². The topological polar surface area (TPSA) is 18.5 Å². The van der Waals surface area contributed by atoms with E-state index in [1.807, 2.05) is 19.1 Å². The van der Waals surface area contributed by atoms with E-state index in [0.29, 0.717) is 18.2 Å². The van der Waals surface area contributed by atoms with Crippen molar-refractivity contribution in [2.24, 2.45) is 0 Å². The van der Waals surface area contributed by atoms with E-state index in [1.54, 1.807) is 0 Å². The molecule has 1 aromatic carbocycles. The third kappa shape index (κ3) is 2.75. The average Bonchev–Trinajstić information content (AvgIpc) is 2.17. The number of hydrogen-bond acceptors (Lipinski definition) is 2. The van der Waals surface area contributed by atoms with Gasteiger partial charge in [-0.2, -0.15) is 0 Å². The molecule has 0 aromatic heterocycles. The zero-order chi connectivity index (χ0) is 12.7. The molecule has 94 valence electrons. The Morgan fingerprint density at radius 1 is 1.29 bits per heavy atom. The van der Waals surface area contributed by atoms with Gasteiger partial charge in [-0.15, -0.1) is 0 Å². The summed E-state index contributed by atoms with van der Waals surface area (Å²) in [5, 5.41) is 0.672. The van der Waals surface area contributed by atoms with Gasteiger partial charge in [0.2, 0.25) is 0 Å². The fourth-order valence-corrected chi connectivity index (χ4v) is 1.98. The first-order valence-electron chi connectivity index (χ1n) is 5.87. The zero-order valence-electron chi connectivity index (χ0n) is 10.8. The van der Waals surface area contributed by atoms with Crippen molar-refractivity contribution in [1.82, 2.24) is 0 Å². The van der Waals surface area contributed by atoms with Crippen LogP contribution in [-0.2, 0) is 10.2 Å². The molecule has 0 spiro atoms. The van der Waals surface area contributed by atoms with E-state index in [2.05, 4.69) is 26.8 Å². The third-order valence-corrected chi connectivity index (χ3v) is 3.26. The lowest BCUT2D eigenvalue weighted by molar-refractivity contribution is -0.149. The molecule has 3 heteroatoms. The van der Waals surface area contributed by atoms with Crippen LogP contribution in [0.4, 0.5) is 0 Å². The van der Waals surface area contributed by atoms with E-state index < -0.39 is 0 Å². The van der Waals surface area contributed by atoms with Gasteiger partial charge in [-0.3, -0.25) is 0 Å². The van der Waals surface area contributed by atoms with Crippen LogP contribution in [0.15, 0.2) is 18.2 Å². The second-order valence-corrected chi connectivity index (χ2v) is 6.35. The summed E-state index contributed by atoms with van der Waals surface area (Å²) in [7, 11) is 0. The fourth-order valence-electron chi connectivity index (χ4n) is 1.76. The Bertz CT molecular complexity index is 417. The van der Waals surface area contributed by atoms with Crippen LogP contribution in [-0.4, -0.2) is 18.8 Å². The first-order chi connectivity index (χ1) is 7.80. The molecule has 0 unspecified atom stereocenters. The summed E-state index contributed by atoms with van der Waals surface area (Å²) in [5.74, 6) is 0.741. The summed E-state index contributed by atoms with van der Waals surface area (Å²) in [4.78, 5) is 0. The van der Waals surface area contributed by atoms with Crippen molar-refractivity contribution in [2.45, 2.75) is 38.7 Å². The molecule has 1 aliphatic rings. The Balaban J connectivity index is 2.20. The van der Waals surface area contributed by atoms with E-state index in [4.69, 9.17) is 21.1 Å². The van der Waals surface area contributed by atoms with Gasteiger partial charge in [0, 0.05) is 0 Å². The van der Waals surface area contributed by atoms with Crippen molar-refractivity contribution in [3.8, 4) is 5.75 Å². The smallest absolute Gasteiger partial charge is 0.153 e. The molecule has 1 heterocycles. The molecule has 2 nitrogen and oxygen atoms in total. The Morgan fingerprint density at radius 2 is 1.94 bits per heavy atom. The monoisotopic (exact) mass is 254 g/mol.